The Morgan fingerprint density at radius 2 is 1.58 bits per heavy atom. The predicted octanol–water partition coefficient (Wildman–Crippen LogP) is 4.41. The van der Waals surface area contributed by atoms with Crippen LogP contribution in [-0.2, 0) is 44.0 Å². The quantitative estimate of drug-likeness (QED) is 0.0874. The van der Waals surface area contributed by atoms with Crippen molar-refractivity contribution in [3.05, 3.63) is 87.7 Å². The molecule has 5 heterocycles. The average Bonchev–Trinajstić information content (AvgIpc) is 3.98. The molecule has 2 aliphatic rings. The molecule has 5 aromatic rings. The number of aliphatic hydroxyl groups excluding tert-OH is 1. The van der Waals surface area contributed by atoms with Gasteiger partial charge >= 0.3 is 0 Å². The first-order valence-electron chi connectivity index (χ1n) is 24.0. The summed E-state index contributed by atoms with van der Waals surface area (Å²) >= 11 is 1.53. The zero-order chi connectivity index (χ0) is 50.8. The molecule has 3 amide bonds. The van der Waals surface area contributed by atoms with Crippen LogP contribution in [0.4, 0.5) is 0 Å². The maximum absolute atomic E-state index is 13.7. The van der Waals surface area contributed by atoms with Crippen LogP contribution >= 0.6 is 11.3 Å². The summed E-state index contributed by atoms with van der Waals surface area (Å²) in [5.41, 5.74) is 6.40. The number of aryl methyl sites for hydroxylation is 2. The highest BCUT2D eigenvalue weighted by atomic mass is 32.1. The molecule has 2 aliphatic heterocycles. The maximum atomic E-state index is 13.7. The number of benzene rings is 2. The fraction of sp³-hybridized carbons (Fsp3) is 0.500. The number of ether oxygens (including phenoxy) is 5. The molecular weight excluding hydrogens is 929 g/mol. The smallest absolute Gasteiger partial charge is 0.259 e. The average molecular weight is 997 g/mol. The standard InChI is InChI=1S/C52H68N8O10S/c1-33-47(71-32-55-33)35-9-10-36(27-54-49(63)43-26-38(62)29-60(43)51(65)48(52(3,4)5)56-34(2)61)44(23-35)70-22-21-69-20-19-68-18-17-58-13-15-59(16-14-58)31-42-45(66-7)24-37(25-46(42)67-8)41-30-57(6)50(64)40-28-53-12-11-39(40)41/h9-12,23-25,28,30,32,38,43,48,62H,13-22,26-27,29,31H2,1-8H3,(H,54,63)(H,56,61)/t38-,43+,48-/m1/s1. The zero-order valence-corrected chi connectivity index (χ0v) is 42.9. The van der Waals surface area contributed by atoms with Gasteiger partial charge in [-0.05, 0) is 53.1 Å². The predicted molar refractivity (Wildman–Crippen MR) is 272 cm³/mol. The Bertz CT molecular complexity index is 2690. The molecule has 0 spiro atoms. The van der Waals surface area contributed by atoms with Crippen LogP contribution < -0.4 is 30.4 Å². The lowest BCUT2D eigenvalue weighted by Gasteiger charge is -2.35. The monoisotopic (exact) mass is 996 g/mol. The summed E-state index contributed by atoms with van der Waals surface area (Å²) in [7, 11) is 5.08. The molecule has 7 rings (SSSR count). The maximum Gasteiger partial charge on any atom is 0.259 e. The summed E-state index contributed by atoms with van der Waals surface area (Å²) in [5.74, 6) is 0.862. The molecule has 2 fully saturated rings. The van der Waals surface area contributed by atoms with Crippen LogP contribution in [0.15, 0.2) is 65.3 Å². The molecule has 0 aliphatic carbocycles. The number of aromatic nitrogens is 3. The Balaban J connectivity index is 0.850. The van der Waals surface area contributed by atoms with Crippen molar-refractivity contribution in [2.24, 2.45) is 12.5 Å². The Labute approximate surface area is 419 Å². The van der Waals surface area contributed by atoms with E-state index in [9.17, 15) is 24.3 Å². The lowest BCUT2D eigenvalue weighted by Crippen LogP contribution is -2.57. The van der Waals surface area contributed by atoms with Crippen molar-refractivity contribution in [2.45, 2.75) is 72.3 Å². The van der Waals surface area contributed by atoms with Gasteiger partial charge in [0, 0.05) is 102 Å². The van der Waals surface area contributed by atoms with Crippen molar-refractivity contribution in [1.82, 2.24) is 39.9 Å². The molecule has 2 saturated heterocycles. The van der Waals surface area contributed by atoms with Gasteiger partial charge < -0.3 is 48.9 Å². The molecule has 71 heavy (non-hydrogen) atoms. The molecule has 18 nitrogen and oxygen atoms in total. The highest BCUT2D eigenvalue weighted by Gasteiger charge is 2.44. The second-order valence-electron chi connectivity index (χ2n) is 19.1. The lowest BCUT2D eigenvalue weighted by atomic mass is 9.85. The number of piperazine rings is 1. The molecule has 0 bridgehead atoms. The number of fused-ring (bicyclic) bond motifs is 1. The van der Waals surface area contributed by atoms with Gasteiger partial charge in [-0.2, -0.15) is 0 Å². The van der Waals surface area contributed by atoms with Crippen LogP contribution in [0.1, 0.15) is 50.9 Å². The van der Waals surface area contributed by atoms with Crippen LogP contribution in [0.25, 0.3) is 32.3 Å². The van der Waals surface area contributed by atoms with Crippen LogP contribution in [0.3, 0.4) is 0 Å². The Kier molecular flexibility index (Phi) is 17.8. The third-order valence-corrected chi connectivity index (χ3v) is 14.0. The lowest BCUT2D eigenvalue weighted by molar-refractivity contribution is -0.143. The van der Waals surface area contributed by atoms with E-state index in [0.29, 0.717) is 44.1 Å². The molecule has 3 N–H and O–H groups in total. The van der Waals surface area contributed by atoms with E-state index in [1.54, 1.807) is 43.7 Å². The number of carbonyl (C=O) groups excluding carboxylic acids is 3. The van der Waals surface area contributed by atoms with Crippen LogP contribution in [0.2, 0.25) is 0 Å². The topological polar surface area (TPSA) is 199 Å². The zero-order valence-electron chi connectivity index (χ0n) is 42.1. The summed E-state index contributed by atoms with van der Waals surface area (Å²) < 4.78 is 31.5. The van der Waals surface area contributed by atoms with E-state index in [-0.39, 0.29) is 37.6 Å². The minimum absolute atomic E-state index is 0.00567. The van der Waals surface area contributed by atoms with E-state index in [4.69, 9.17) is 23.7 Å². The van der Waals surface area contributed by atoms with E-state index in [2.05, 4.69) is 30.4 Å². The van der Waals surface area contributed by atoms with Crippen molar-refractivity contribution in [2.75, 3.05) is 86.5 Å². The van der Waals surface area contributed by atoms with E-state index in [1.165, 1.54) is 23.2 Å². The third kappa shape index (κ3) is 13.1. The first kappa shape index (κ1) is 52.9. The number of amides is 3. The molecule has 382 valence electrons. The van der Waals surface area contributed by atoms with E-state index >= 15 is 0 Å². The second kappa shape index (κ2) is 24.0. The highest BCUT2D eigenvalue weighted by Crippen LogP contribution is 2.38. The summed E-state index contributed by atoms with van der Waals surface area (Å²) in [5, 5.41) is 17.6. The van der Waals surface area contributed by atoms with E-state index in [1.807, 2.05) is 70.3 Å². The SMILES string of the molecule is COc1cc(-c2cn(C)c(=O)c3cnccc23)cc(OC)c1CN1CCN(CCOCCOCCOc2cc(-c3scnc3C)ccc2CNC(=O)[C@@H]2C[C@@H](O)CN2C(=O)[C@@H](NC(C)=O)C(C)(C)C)CC1. The first-order chi connectivity index (χ1) is 34.1. The molecular formula is C52H68N8O10S. The van der Waals surface area contributed by atoms with Crippen molar-refractivity contribution in [3.63, 3.8) is 0 Å². The molecule has 3 aromatic heterocycles. The minimum Gasteiger partial charge on any atom is -0.496 e. The number of pyridine rings is 2. The Morgan fingerprint density at radius 1 is 0.901 bits per heavy atom. The number of aliphatic hydroxyl groups is 1. The number of likely N-dealkylation sites (tertiary alicyclic amines) is 1. The van der Waals surface area contributed by atoms with Crippen LogP contribution in [-0.4, -0.2) is 157 Å². The molecule has 3 atom stereocenters. The summed E-state index contributed by atoms with van der Waals surface area (Å²) in [6.07, 6.45) is 4.36. The number of β-amino-alcohol motifs (C(OH)–C–C–N with tert-alkyl or cyclic N) is 1. The van der Waals surface area contributed by atoms with Crippen LogP contribution in [0.5, 0.6) is 17.2 Å². The largest absolute Gasteiger partial charge is 0.496 e. The van der Waals surface area contributed by atoms with E-state index < -0.39 is 35.4 Å². The summed E-state index contributed by atoms with van der Waals surface area (Å²) in [6.45, 7) is 16.0. The van der Waals surface area contributed by atoms with Gasteiger partial charge in [-0.3, -0.25) is 34.0 Å². The summed E-state index contributed by atoms with van der Waals surface area (Å²) in [4.78, 5) is 68.0. The van der Waals surface area contributed by atoms with Gasteiger partial charge in [-0.1, -0.05) is 32.9 Å². The number of carbonyl (C=O) groups is 3. The Morgan fingerprint density at radius 3 is 2.24 bits per heavy atom. The van der Waals surface area contributed by atoms with Crippen molar-refractivity contribution in [1.29, 1.82) is 0 Å². The van der Waals surface area contributed by atoms with Gasteiger partial charge in [-0.15, -0.1) is 11.3 Å². The van der Waals surface area contributed by atoms with Gasteiger partial charge in [0.05, 0.1) is 73.8 Å². The number of hydrogen-bond acceptors (Lipinski definition) is 15. The highest BCUT2D eigenvalue weighted by molar-refractivity contribution is 7.13. The normalized spacial score (nSPS) is 17.1. The fourth-order valence-electron chi connectivity index (χ4n) is 9.14. The number of thiazole rings is 1. The number of nitrogens with one attached hydrogen (secondary N) is 2. The Hall–Kier alpha value is -5.96. The number of hydrogen-bond donors (Lipinski definition) is 3. The van der Waals surface area contributed by atoms with Crippen molar-refractivity contribution < 1.29 is 43.2 Å². The van der Waals surface area contributed by atoms with Gasteiger partial charge in [0.25, 0.3) is 5.56 Å². The molecule has 0 radical (unpaired) electrons. The van der Waals surface area contributed by atoms with Gasteiger partial charge in [0.2, 0.25) is 17.7 Å². The van der Waals surface area contributed by atoms with Gasteiger partial charge in [-0.25, -0.2) is 4.98 Å². The van der Waals surface area contributed by atoms with E-state index in [0.717, 1.165) is 88.0 Å². The first-order valence-corrected chi connectivity index (χ1v) is 24.9. The van der Waals surface area contributed by atoms with Gasteiger partial charge in [0.1, 0.15) is 35.9 Å². The minimum atomic E-state index is -0.904. The van der Waals surface area contributed by atoms with Gasteiger partial charge in [0.15, 0.2) is 0 Å². The fourth-order valence-corrected chi connectivity index (χ4v) is 9.94. The molecule has 19 heteroatoms. The molecule has 0 saturated carbocycles. The second-order valence-corrected chi connectivity index (χ2v) is 20.0. The third-order valence-electron chi connectivity index (χ3n) is 13.0. The number of rotatable bonds is 21. The summed E-state index contributed by atoms with van der Waals surface area (Å²) in [6, 6.07) is 9.92. The van der Waals surface area contributed by atoms with Crippen molar-refractivity contribution in [3.8, 4) is 38.8 Å². The van der Waals surface area contributed by atoms with Crippen molar-refractivity contribution >= 4 is 39.8 Å². The van der Waals surface area contributed by atoms with Crippen LogP contribution in [0, 0.1) is 12.3 Å². The number of nitrogens with zero attached hydrogens (tertiary/aromatic N) is 6. The molecule has 0 unspecified atom stereocenters. The number of methoxy groups -OCH3 is 2. The molecule has 2 aromatic carbocycles.